The monoisotopic (exact) mass is 378 g/mol. The van der Waals surface area contributed by atoms with Crippen molar-refractivity contribution in [2.45, 2.75) is 33.3 Å². The maximum Gasteiger partial charge on any atom is 0.305 e. The van der Waals surface area contributed by atoms with Crippen molar-refractivity contribution in [3.8, 4) is 0 Å². The maximum atomic E-state index is 10.7. The number of hydrogen-bond acceptors (Lipinski definition) is 4. The quantitative estimate of drug-likeness (QED) is 0.500. The van der Waals surface area contributed by atoms with Crippen LogP contribution in [0.25, 0.3) is 11.3 Å². The van der Waals surface area contributed by atoms with E-state index in [0.29, 0.717) is 6.42 Å². The smallest absolute Gasteiger partial charge is 0.305 e. The summed E-state index contributed by atoms with van der Waals surface area (Å²) < 4.78 is 9.81. The molecule has 0 spiro atoms. The molecule has 4 aromatic rings. The van der Waals surface area contributed by atoms with Crippen LogP contribution in [0.4, 0.5) is 0 Å². The molecule has 144 valence electrons. The Balaban J connectivity index is 1.72. The third kappa shape index (κ3) is 3.48. The van der Waals surface area contributed by atoms with Crippen LogP contribution in [-0.4, -0.2) is 36.5 Å². The summed E-state index contributed by atoms with van der Waals surface area (Å²) in [4.78, 5) is 19.9. The largest absolute Gasteiger partial charge is 0.481 e. The summed E-state index contributed by atoms with van der Waals surface area (Å²) in [6.45, 7) is 4.55. The zero-order valence-corrected chi connectivity index (χ0v) is 15.9. The van der Waals surface area contributed by atoms with Crippen LogP contribution in [0.5, 0.6) is 0 Å². The highest BCUT2D eigenvalue weighted by molar-refractivity contribution is 5.66. The van der Waals surface area contributed by atoms with E-state index in [4.69, 9.17) is 14.8 Å². The minimum atomic E-state index is -0.868. The molecule has 0 bridgehead atoms. The molecule has 0 aliphatic rings. The molecule has 0 aromatic carbocycles. The third-order valence-corrected chi connectivity index (χ3v) is 4.79. The lowest BCUT2D eigenvalue weighted by Gasteiger charge is -2.08. The van der Waals surface area contributed by atoms with E-state index >= 15 is 0 Å². The van der Waals surface area contributed by atoms with Gasteiger partial charge >= 0.3 is 5.97 Å². The number of ether oxygens (including phenoxy) is 1. The van der Waals surface area contributed by atoms with Crippen molar-refractivity contribution in [2.75, 3.05) is 6.61 Å². The van der Waals surface area contributed by atoms with E-state index in [2.05, 4.69) is 33.0 Å². The number of aromatic nitrogens is 4. The van der Waals surface area contributed by atoms with Gasteiger partial charge < -0.3 is 18.6 Å². The molecule has 1 N–H and O–H groups in total. The lowest BCUT2D eigenvalue weighted by atomic mass is 10.2. The van der Waals surface area contributed by atoms with Gasteiger partial charge in [0.2, 0.25) is 0 Å². The maximum absolute atomic E-state index is 10.7. The second-order valence-electron chi connectivity index (χ2n) is 6.92. The highest BCUT2D eigenvalue weighted by atomic mass is 16.5. The van der Waals surface area contributed by atoms with Crippen LogP contribution >= 0.6 is 0 Å². The second-order valence-corrected chi connectivity index (χ2v) is 6.92. The Hall–Kier alpha value is -3.19. The van der Waals surface area contributed by atoms with Crippen LogP contribution in [0.15, 0.2) is 42.7 Å². The summed E-state index contributed by atoms with van der Waals surface area (Å²) in [5, 5.41) is 8.80. The second kappa shape index (κ2) is 7.44. The number of imidazole rings is 2. The van der Waals surface area contributed by atoms with E-state index in [1.165, 1.54) is 0 Å². The van der Waals surface area contributed by atoms with Gasteiger partial charge in [0, 0.05) is 30.2 Å². The Morgan fingerprint density at radius 1 is 1.18 bits per heavy atom. The molecule has 4 heterocycles. The van der Waals surface area contributed by atoms with Gasteiger partial charge in [0.05, 0.1) is 31.0 Å². The standard InChI is InChI=1S/C21H22N4O3/c1-14-6-7-20-23-17(13-28-9-8-21(26)27)18(24(20)12-14)10-16-11-22-19-5-3-4-15(2)25(16)19/h3-7,11-12H,8-10,13H2,1-2H3,(H,26,27). The third-order valence-electron chi connectivity index (χ3n) is 4.79. The Morgan fingerprint density at radius 2 is 2.04 bits per heavy atom. The van der Waals surface area contributed by atoms with Crippen molar-refractivity contribution in [1.82, 2.24) is 18.8 Å². The molecule has 0 amide bonds. The zero-order chi connectivity index (χ0) is 19.7. The van der Waals surface area contributed by atoms with Crippen molar-refractivity contribution < 1.29 is 14.6 Å². The van der Waals surface area contributed by atoms with Gasteiger partial charge in [-0.25, -0.2) is 9.97 Å². The van der Waals surface area contributed by atoms with Crippen LogP contribution < -0.4 is 0 Å². The average Bonchev–Trinajstić information content (AvgIpc) is 3.22. The van der Waals surface area contributed by atoms with E-state index in [1.807, 2.05) is 37.4 Å². The number of aryl methyl sites for hydroxylation is 2. The van der Waals surface area contributed by atoms with Crippen LogP contribution in [0, 0.1) is 13.8 Å². The lowest BCUT2D eigenvalue weighted by molar-refractivity contribution is -0.138. The minimum Gasteiger partial charge on any atom is -0.481 e. The van der Waals surface area contributed by atoms with Gasteiger partial charge in [-0.1, -0.05) is 12.1 Å². The van der Waals surface area contributed by atoms with Crippen LogP contribution in [-0.2, 0) is 22.6 Å². The number of hydrogen-bond donors (Lipinski definition) is 1. The molecule has 7 heteroatoms. The van der Waals surface area contributed by atoms with Crippen molar-refractivity contribution in [3.05, 3.63) is 71.1 Å². The molecular weight excluding hydrogens is 356 g/mol. The first kappa shape index (κ1) is 18.2. The summed E-state index contributed by atoms with van der Waals surface area (Å²) >= 11 is 0. The number of aliphatic carboxylic acids is 1. The fourth-order valence-corrected chi connectivity index (χ4v) is 3.45. The number of carbonyl (C=O) groups is 1. The molecule has 0 saturated heterocycles. The van der Waals surface area contributed by atoms with Gasteiger partial charge in [-0.05, 0) is 37.6 Å². The van der Waals surface area contributed by atoms with E-state index in [-0.39, 0.29) is 19.6 Å². The number of pyridine rings is 2. The van der Waals surface area contributed by atoms with Crippen LogP contribution in [0.1, 0.15) is 34.8 Å². The topological polar surface area (TPSA) is 81.1 Å². The molecule has 0 aliphatic carbocycles. The predicted octanol–water partition coefficient (Wildman–Crippen LogP) is 3.18. The van der Waals surface area contributed by atoms with Crippen LogP contribution in [0.2, 0.25) is 0 Å². The van der Waals surface area contributed by atoms with E-state index in [1.54, 1.807) is 0 Å². The fourth-order valence-electron chi connectivity index (χ4n) is 3.45. The fraction of sp³-hybridized carbons (Fsp3) is 0.286. The summed E-state index contributed by atoms with van der Waals surface area (Å²) in [5.74, 6) is -0.868. The number of carboxylic acids is 1. The van der Waals surface area contributed by atoms with E-state index < -0.39 is 5.97 Å². The van der Waals surface area contributed by atoms with Crippen molar-refractivity contribution >= 4 is 17.3 Å². The Kier molecular flexibility index (Phi) is 4.83. The Bertz CT molecular complexity index is 1160. The Labute approximate surface area is 162 Å². The summed E-state index contributed by atoms with van der Waals surface area (Å²) in [7, 11) is 0. The molecule has 7 nitrogen and oxygen atoms in total. The minimum absolute atomic E-state index is 0.0196. The molecule has 0 fully saturated rings. The molecular formula is C21H22N4O3. The average molecular weight is 378 g/mol. The van der Waals surface area contributed by atoms with Crippen molar-refractivity contribution in [1.29, 1.82) is 0 Å². The molecule has 4 aromatic heterocycles. The Morgan fingerprint density at radius 3 is 2.86 bits per heavy atom. The molecule has 0 aliphatic heterocycles. The van der Waals surface area contributed by atoms with Crippen molar-refractivity contribution in [2.24, 2.45) is 0 Å². The molecule has 0 atom stereocenters. The van der Waals surface area contributed by atoms with Crippen molar-refractivity contribution in [3.63, 3.8) is 0 Å². The van der Waals surface area contributed by atoms with Gasteiger partial charge in [0.15, 0.2) is 0 Å². The van der Waals surface area contributed by atoms with E-state index in [9.17, 15) is 4.79 Å². The SMILES string of the molecule is Cc1ccc2nc(COCCC(=O)O)c(Cc3cnc4cccc(C)n34)n2c1. The first-order valence-corrected chi connectivity index (χ1v) is 9.21. The normalized spacial score (nSPS) is 11.5. The molecule has 4 rings (SSSR count). The first-order valence-electron chi connectivity index (χ1n) is 9.21. The summed E-state index contributed by atoms with van der Waals surface area (Å²) in [5.41, 5.74) is 6.94. The molecule has 0 saturated carbocycles. The van der Waals surface area contributed by atoms with Gasteiger partial charge in [-0.3, -0.25) is 4.79 Å². The lowest BCUT2D eigenvalue weighted by Crippen LogP contribution is -2.06. The summed E-state index contributed by atoms with van der Waals surface area (Å²) in [6.07, 6.45) is 4.59. The first-order chi connectivity index (χ1) is 13.5. The van der Waals surface area contributed by atoms with Gasteiger partial charge in [-0.15, -0.1) is 0 Å². The number of rotatable bonds is 7. The van der Waals surface area contributed by atoms with E-state index in [0.717, 1.165) is 39.6 Å². The molecule has 0 unspecified atom stereocenters. The number of nitrogens with zero attached hydrogens (tertiary/aromatic N) is 4. The predicted molar refractivity (Wildman–Crippen MR) is 105 cm³/mol. The number of carboxylic acid groups (broad SMARTS) is 1. The highest BCUT2D eigenvalue weighted by Crippen LogP contribution is 2.20. The zero-order valence-electron chi connectivity index (χ0n) is 15.9. The van der Waals surface area contributed by atoms with Crippen LogP contribution in [0.3, 0.4) is 0 Å². The van der Waals surface area contributed by atoms with Gasteiger partial charge in [-0.2, -0.15) is 0 Å². The molecule has 28 heavy (non-hydrogen) atoms. The summed E-state index contributed by atoms with van der Waals surface area (Å²) in [6, 6.07) is 10.1. The molecule has 0 radical (unpaired) electrons. The number of fused-ring (bicyclic) bond motifs is 2. The van der Waals surface area contributed by atoms with Gasteiger partial charge in [0.25, 0.3) is 0 Å². The highest BCUT2D eigenvalue weighted by Gasteiger charge is 2.16. The van der Waals surface area contributed by atoms with Gasteiger partial charge in [0.1, 0.15) is 11.3 Å².